The van der Waals surface area contributed by atoms with Crippen molar-refractivity contribution in [3.8, 4) is 11.5 Å². The SMILES string of the molecule is COc1ccc2c3c1O[C@H]1CCC[C@@]4(O)[C@@H](C2)N(C)CC[C@]314. The predicted octanol–water partition coefficient (Wildman–Crippen LogP) is 1.87. The van der Waals surface area contributed by atoms with Gasteiger partial charge in [0.1, 0.15) is 6.10 Å². The third kappa shape index (κ3) is 1.21. The van der Waals surface area contributed by atoms with Gasteiger partial charge in [0.25, 0.3) is 0 Å². The highest BCUT2D eigenvalue weighted by Crippen LogP contribution is 2.65. The number of piperidine rings is 1. The van der Waals surface area contributed by atoms with E-state index in [0.29, 0.717) is 0 Å². The van der Waals surface area contributed by atoms with E-state index in [1.54, 1.807) is 7.11 Å². The first-order valence-corrected chi connectivity index (χ1v) is 8.41. The average Bonchev–Trinajstić information content (AvgIpc) is 2.85. The van der Waals surface area contributed by atoms with Crippen LogP contribution < -0.4 is 9.47 Å². The molecule has 1 aromatic rings. The fourth-order valence-corrected chi connectivity index (χ4v) is 5.90. The van der Waals surface area contributed by atoms with Gasteiger partial charge < -0.3 is 19.5 Å². The summed E-state index contributed by atoms with van der Waals surface area (Å²) in [6, 6.07) is 4.42. The largest absolute Gasteiger partial charge is 0.493 e. The van der Waals surface area contributed by atoms with Gasteiger partial charge >= 0.3 is 0 Å². The van der Waals surface area contributed by atoms with E-state index in [-0.39, 0.29) is 17.6 Å². The second kappa shape index (κ2) is 3.98. The van der Waals surface area contributed by atoms with Crippen LogP contribution in [0.4, 0.5) is 0 Å². The van der Waals surface area contributed by atoms with Crippen molar-refractivity contribution in [1.29, 1.82) is 0 Å². The normalized spacial score (nSPS) is 41.8. The Kier molecular flexibility index (Phi) is 2.39. The number of benzene rings is 1. The van der Waals surface area contributed by atoms with Crippen LogP contribution in [0.15, 0.2) is 12.1 Å². The fraction of sp³-hybridized carbons (Fsp3) is 0.667. The lowest BCUT2D eigenvalue weighted by atomic mass is 9.49. The van der Waals surface area contributed by atoms with Gasteiger partial charge in [-0.05, 0) is 57.3 Å². The molecule has 2 bridgehead atoms. The molecule has 0 unspecified atom stereocenters. The molecule has 1 saturated heterocycles. The molecule has 1 spiro atoms. The molecule has 22 heavy (non-hydrogen) atoms. The zero-order chi connectivity index (χ0) is 15.1. The van der Waals surface area contributed by atoms with E-state index >= 15 is 0 Å². The molecule has 118 valence electrons. The van der Waals surface area contributed by atoms with Crippen LogP contribution in [0.2, 0.25) is 0 Å². The van der Waals surface area contributed by atoms with Crippen molar-refractivity contribution in [3.63, 3.8) is 0 Å². The van der Waals surface area contributed by atoms with Gasteiger partial charge in [0, 0.05) is 11.6 Å². The summed E-state index contributed by atoms with van der Waals surface area (Å²) in [5.74, 6) is 1.73. The summed E-state index contributed by atoms with van der Waals surface area (Å²) in [7, 11) is 3.86. The Balaban J connectivity index is 1.84. The standard InChI is InChI=1S/C18H23NO3/c1-19-9-8-17-14-4-3-7-18(17,20)13(19)10-11-5-6-12(21-2)16(22-14)15(11)17/h5-6,13-14,20H,3-4,7-10H2,1-2H3/t13-,14+,17-,18-/m1/s1. The second-order valence-corrected chi connectivity index (χ2v) is 7.48. The van der Waals surface area contributed by atoms with Crippen LogP contribution in [0.25, 0.3) is 0 Å². The summed E-state index contributed by atoms with van der Waals surface area (Å²) >= 11 is 0. The number of nitrogens with zero attached hydrogens (tertiary/aromatic N) is 1. The molecule has 4 atom stereocenters. The number of rotatable bonds is 1. The zero-order valence-corrected chi connectivity index (χ0v) is 13.3. The number of likely N-dealkylation sites (tertiary alicyclic amines) is 1. The third-order valence-corrected chi connectivity index (χ3v) is 6.84. The van der Waals surface area contributed by atoms with Crippen molar-refractivity contribution in [2.24, 2.45) is 0 Å². The first kappa shape index (κ1) is 13.2. The first-order valence-electron chi connectivity index (χ1n) is 8.41. The maximum atomic E-state index is 11.8. The number of hydrogen-bond donors (Lipinski definition) is 1. The maximum absolute atomic E-state index is 11.8. The number of hydrogen-bond acceptors (Lipinski definition) is 4. The Bertz CT molecular complexity index is 660. The molecule has 4 nitrogen and oxygen atoms in total. The smallest absolute Gasteiger partial charge is 0.165 e. The highest BCUT2D eigenvalue weighted by Gasteiger charge is 2.70. The minimum atomic E-state index is -0.659. The van der Waals surface area contributed by atoms with Crippen molar-refractivity contribution in [1.82, 2.24) is 4.90 Å². The van der Waals surface area contributed by atoms with Crippen molar-refractivity contribution in [2.75, 3.05) is 20.7 Å². The molecule has 4 heteroatoms. The number of likely N-dealkylation sites (N-methyl/N-ethyl adjacent to an activating group) is 1. The van der Waals surface area contributed by atoms with E-state index in [4.69, 9.17) is 9.47 Å². The Morgan fingerprint density at radius 1 is 1.36 bits per heavy atom. The van der Waals surface area contributed by atoms with Gasteiger partial charge in [0.05, 0.1) is 18.1 Å². The predicted molar refractivity (Wildman–Crippen MR) is 82.6 cm³/mol. The van der Waals surface area contributed by atoms with Gasteiger partial charge in [-0.2, -0.15) is 0 Å². The average molecular weight is 301 g/mol. The minimum absolute atomic E-state index is 0.104. The Hall–Kier alpha value is -1.26. The molecule has 4 aliphatic rings. The molecule has 1 saturated carbocycles. The molecule has 2 heterocycles. The van der Waals surface area contributed by atoms with Crippen molar-refractivity contribution in [2.45, 2.75) is 55.3 Å². The van der Waals surface area contributed by atoms with E-state index in [1.165, 1.54) is 11.1 Å². The number of ether oxygens (including phenoxy) is 2. The van der Waals surface area contributed by atoms with E-state index in [2.05, 4.69) is 18.0 Å². The minimum Gasteiger partial charge on any atom is -0.493 e. The van der Waals surface area contributed by atoms with Crippen LogP contribution in [0.5, 0.6) is 11.5 Å². The van der Waals surface area contributed by atoms with E-state index in [9.17, 15) is 5.11 Å². The molecular weight excluding hydrogens is 278 g/mol. The van der Waals surface area contributed by atoms with Crippen LogP contribution in [0.3, 0.4) is 0 Å². The van der Waals surface area contributed by atoms with E-state index < -0.39 is 5.60 Å². The summed E-state index contributed by atoms with van der Waals surface area (Å²) < 4.78 is 11.9. The van der Waals surface area contributed by atoms with Crippen LogP contribution >= 0.6 is 0 Å². The number of methoxy groups -OCH3 is 1. The lowest BCUT2D eigenvalue weighted by molar-refractivity contribution is -0.180. The zero-order valence-electron chi connectivity index (χ0n) is 13.3. The van der Waals surface area contributed by atoms with Crippen LogP contribution in [-0.4, -0.2) is 48.5 Å². The molecule has 2 aliphatic heterocycles. The lowest BCUT2D eigenvalue weighted by Crippen LogP contribution is -2.74. The van der Waals surface area contributed by atoms with Crippen LogP contribution in [-0.2, 0) is 11.8 Å². The maximum Gasteiger partial charge on any atom is 0.165 e. The highest BCUT2D eigenvalue weighted by atomic mass is 16.5. The van der Waals surface area contributed by atoms with Crippen LogP contribution in [0, 0.1) is 0 Å². The van der Waals surface area contributed by atoms with Gasteiger partial charge in [0.2, 0.25) is 0 Å². The highest BCUT2D eigenvalue weighted by molar-refractivity contribution is 5.62. The molecule has 2 aliphatic carbocycles. The molecule has 0 amide bonds. The third-order valence-electron chi connectivity index (χ3n) is 6.84. The Labute approximate surface area is 131 Å². The monoisotopic (exact) mass is 301 g/mol. The van der Waals surface area contributed by atoms with Crippen molar-refractivity contribution < 1.29 is 14.6 Å². The molecule has 0 aromatic heterocycles. The molecule has 1 aromatic carbocycles. The molecule has 1 N–H and O–H groups in total. The fourth-order valence-electron chi connectivity index (χ4n) is 5.90. The number of aliphatic hydroxyl groups is 1. The summed E-state index contributed by atoms with van der Waals surface area (Å²) in [4.78, 5) is 2.36. The van der Waals surface area contributed by atoms with Crippen LogP contribution in [0.1, 0.15) is 36.8 Å². The van der Waals surface area contributed by atoms with E-state index in [1.807, 2.05) is 6.07 Å². The Morgan fingerprint density at radius 2 is 2.23 bits per heavy atom. The van der Waals surface area contributed by atoms with E-state index in [0.717, 1.165) is 50.1 Å². The molecule has 2 fully saturated rings. The summed E-state index contributed by atoms with van der Waals surface area (Å²) in [6.07, 6.45) is 4.96. The second-order valence-electron chi connectivity index (χ2n) is 7.48. The van der Waals surface area contributed by atoms with Gasteiger partial charge in [0.15, 0.2) is 11.5 Å². The topological polar surface area (TPSA) is 41.9 Å². The van der Waals surface area contributed by atoms with Gasteiger partial charge in [-0.25, -0.2) is 0 Å². The summed E-state index contributed by atoms with van der Waals surface area (Å²) in [5, 5.41) is 11.8. The summed E-state index contributed by atoms with van der Waals surface area (Å²) in [5.41, 5.74) is 1.73. The molecule has 5 rings (SSSR count). The Morgan fingerprint density at radius 3 is 3.05 bits per heavy atom. The first-order chi connectivity index (χ1) is 10.6. The van der Waals surface area contributed by atoms with Gasteiger partial charge in [-0.15, -0.1) is 0 Å². The molecular formula is C18H23NO3. The van der Waals surface area contributed by atoms with Crippen molar-refractivity contribution >= 4 is 0 Å². The molecule has 0 radical (unpaired) electrons. The quantitative estimate of drug-likeness (QED) is 0.860. The van der Waals surface area contributed by atoms with Gasteiger partial charge in [-0.3, -0.25) is 0 Å². The summed E-state index contributed by atoms with van der Waals surface area (Å²) in [6.45, 7) is 1.03. The van der Waals surface area contributed by atoms with Crippen molar-refractivity contribution in [3.05, 3.63) is 23.3 Å². The van der Waals surface area contributed by atoms with Gasteiger partial charge in [-0.1, -0.05) is 6.07 Å². The lowest BCUT2D eigenvalue weighted by Gasteiger charge is -2.62.